The Morgan fingerprint density at radius 2 is 1.17 bits per heavy atom. The molecular weight excluding hydrogens is 430 g/mol. The molecule has 2 bridgehead atoms. The summed E-state index contributed by atoms with van der Waals surface area (Å²) in [5.74, 6) is 0.661. The normalized spacial score (nSPS) is 29.5. The lowest BCUT2D eigenvalue weighted by Crippen LogP contribution is -2.50. The van der Waals surface area contributed by atoms with Gasteiger partial charge in [0.2, 0.25) is 0 Å². The highest BCUT2D eigenvalue weighted by molar-refractivity contribution is 9.10. The number of Topliss-reactive ketones (excluding diaryl/α,β-unsaturated/α-hetero) is 1. The van der Waals surface area contributed by atoms with E-state index in [1.165, 1.54) is 11.1 Å². The summed E-state index contributed by atoms with van der Waals surface area (Å²) in [6.45, 7) is 0. The Bertz CT molecular complexity index is 680. The Hall–Kier alpha value is -0.970. The van der Waals surface area contributed by atoms with Crippen LogP contribution in [0.3, 0.4) is 0 Å². The first kappa shape index (κ1) is 16.5. The molecule has 4 rings (SSSR count). The van der Waals surface area contributed by atoms with Crippen LogP contribution in [-0.2, 0) is 4.79 Å². The van der Waals surface area contributed by atoms with Gasteiger partial charge in [-0.2, -0.15) is 0 Å². The average Bonchev–Trinajstić information content (AvgIpc) is 2.57. The highest BCUT2D eigenvalue weighted by atomic mass is 79.9. The van der Waals surface area contributed by atoms with Crippen molar-refractivity contribution < 1.29 is 4.79 Å². The average molecular weight is 449 g/mol. The minimum Gasteiger partial charge on any atom is -0.302 e. The van der Waals surface area contributed by atoms with Crippen molar-refractivity contribution in [1.29, 1.82) is 0 Å². The first-order valence-electron chi connectivity index (χ1n) is 8.44. The lowest BCUT2D eigenvalue weighted by atomic mass is 9.67. The molecule has 1 N–H and O–H groups in total. The smallest absolute Gasteiger partial charge is 0.142 e. The van der Waals surface area contributed by atoms with E-state index in [4.69, 9.17) is 0 Å². The summed E-state index contributed by atoms with van der Waals surface area (Å²) in [4.78, 5) is 13.1. The second-order valence-electron chi connectivity index (χ2n) is 6.77. The molecule has 2 fully saturated rings. The minimum atomic E-state index is 0.107. The zero-order chi connectivity index (χ0) is 16.7. The maximum atomic E-state index is 13.1. The van der Waals surface area contributed by atoms with E-state index in [2.05, 4.69) is 85.7 Å². The van der Waals surface area contributed by atoms with E-state index in [-0.39, 0.29) is 23.9 Å². The Balaban J connectivity index is 1.71. The third kappa shape index (κ3) is 3.00. The van der Waals surface area contributed by atoms with Crippen LogP contribution in [0.5, 0.6) is 0 Å². The molecule has 0 spiro atoms. The fourth-order valence-corrected chi connectivity index (χ4v) is 4.73. The molecule has 0 amide bonds. The molecule has 124 valence electrons. The number of benzene rings is 2. The van der Waals surface area contributed by atoms with E-state index in [0.717, 1.165) is 28.2 Å². The van der Waals surface area contributed by atoms with Gasteiger partial charge in [-0.05, 0) is 48.2 Å². The van der Waals surface area contributed by atoms with Crippen LogP contribution in [0.2, 0.25) is 0 Å². The maximum absolute atomic E-state index is 13.1. The molecule has 0 radical (unpaired) electrons. The van der Waals surface area contributed by atoms with Crippen LogP contribution in [0.1, 0.15) is 42.5 Å². The molecule has 24 heavy (non-hydrogen) atoms. The van der Waals surface area contributed by atoms with Crippen molar-refractivity contribution in [3.63, 3.8) is 0 Å². The summed E-state index contributed by atoms with van der Waals surface area (Å²) in [6.07, 6.45) is 3.13. The molecule has 1 aliphatic carbocycles. The van der Waals surface area contributed by atoms with Crippen molar-refractivity contribution in [1.82, 2.24) is 5.32 Å². The molecule has 1 aliphatic heterocycles. The number of nitrogens with one attached hydrogen (secondary N) is 1. The Kier molecular flexibility index (Phi) is 4.63. The molecule has 2 nitrogen and oxygen atoms in total. The number of carbonyl (C=O) groups is 1. The molecule has 2 aromatic rings. The number of carbonyl (C=O) groups excluding carboxylic acids is 1. The fourth-order valence-electron chi connectivity index (χ4n) is 4.20. The van der Waals surface area contributed by atoms with Crippen molar-refractivity contribution in [2.75, 3.05) is 0 Å². The van der Waals surface area contributed by atoms with Crippen LogP contribution < -0.4 is 5.32 Å². The standard InChI is InChI=1S/C20H19Br2NO/c21-14-8-4-12(5-9-14)18-16-2-1-3-17(20(16)24)19(23-18)13-6-10-15(22)11-7-13/h4-11,16-19,23H,1-3H2/t16-,17-,18-,19+/m0/s1. The first-order chi connectivity index (χ1) is 11.6. The van der Waals surface area contributed by atoms with Gasteiger partial charge < -0.3 is 5.32 Å². The van der Waals surface area contributed by atoms with Crippen molar-refractivity contribution >= 4 is 37.6 Å². The zero-order valence-corrected chi connectivity index (χ0v) is 16.4. The molecular formula is C20H19Br2NO. The molecule has 1 saturated carbocycles. The topological polar surface area (TPSA) is 29.1 Å². The maximum Gasteiger partial charge on any atom is 0.142 e. The number of ketones is 1. The molecule has 0 aromatic heterocycles. The highest BCUT2D eigenvalue weighted by Gasteiger charge is 2.46. The number of halogens is 2. The fraction of sp³-hybridized carbons (Fsp3) is 0.350. The van der Waals surface area contributed by atoms with E-state index in [0.29, 0.717) is 5.78 Å². The van der Waals surface area contributed by atoms with Gasteiger partial charge in [-0.1, -0.05) is 62.5 Å². The van der Waals surface area contributed by atoms with Gasteiger partial charge in [0.15, 0.2) is 0 Å². The molecule has 4 heteroatoms. The molecule has 2 aliphatic rings. The van der Waals surface area contributed by atoms with Crippen molar-refractivity contribution in [3.05, 3.63) is 68.6 Å². The van der Waals surface area contributed by atoms with Gasteiger partial charge in [0.25, 0.3) is 0 Å². The Morgan fingerprint density at radius 3 is 1.58 bits per heavy atom. The Morgan fingerprint density at radius 1 is 0.750 bits per heavy atom. The van der Waals surface area contributed by atoms with E-state index >= 15 is 0 Å². The summed E-state index contributed by atoms with van der Waals surface area (Å²) in [5, 5.41) is 3.81. The molecule has 4 atom stereocenters. The van der Waals surface area contributed by atoms with Crippen molar-refractivity contribution in [3.8, 4) is 0 Å². The summed E-state index contributed by atoms with van der Waals surface area (Å²) in [7, 11) is 0. The van der Waals surface area contributed by atoms with Gasteiger partial charge in [-0.15, -0.1) is 0 Å². The largest absolute Gasteiger partial charge is 0.302 e. The van der Waals surface area contributed by atoms with E-state index in [1.807, 2.05) is 0 Å². The number of hydrogen-bond acceptors (Lipinski definition) is 2. The van der Waals surface area contributed by atoms with Crippen LogP contribution in [-0.4, -0.2) is 5.78 Å². The van der Waals surface area contributed by atoms with Crippen LogP contribution in [0.15, 0.2) is 57.5 Å². The van der Waals surface area contributed by atoms with Gasteiger partial charge in [-0.25, -0.2) is 0 Å². The number of fused-ring (bicyclic) bond motifs is 2. The highest BCUT2D eigenvalue weighted by Crippen LogP contribution is 2.45. The van der Waals surface area contributed by atoms with E-state index in [9.17, 15) is 4.79 Å². The van der Waals surface area contributed by atoms with Gasteiger partial charge in [0.05, 0.1) is 0 Å². The van der Waals surface area contributed by atoms with Crippen molar-refractivity contribution in [2.45, 2.75) is 31.3 Å². The van der Waals surface area contributed by atoms with Gasteiger partial charge in [-0.3, -0.25) is 4.79 Å². The van der Waals surface area contributed by atoms with Gasteiger partial charge in [0, 0.05) is 32.9 Å². The van der Waals surface area contributed by atoms with E-state index in [1.54, 1.807) is 0 Å². The Labute approximate surface area is 159 Å². The predicted molar refractivity (Wildman–Crippen MR) is 103 cm³/mol. The monoisotopic (exact) mass is 447 g/mol. The van der Waals surface area contributed by atoms with Gasteiger partial charge >= 0.3 is 0 Å². The molecule has 1 saturated heterocycles. The summed E-state index contributed by atoms with van der Waals surface area (Å²) >= 11 is 7.00. The van der Waals surface area contributed by atoms with Crippen LogP contribution >= 0.6 is 31.9 Å². The molecule has 1 heterocycles. The van der Waals surface area contributed by atoms with Crippen LogP contribution in [0.25, 0.3) is 0 Å². The quantitative estimate of drug-likeness (QED) is 0.649. The minimum absolute atomic E-state index is 0.107. The summed E-state index contributed by atoms with van der Waals surface area (Å²) in [5.41, 5.74) is 2.41. The van der Waals surface area contributed by atoms with Crippen molar-refractivity contribution in [2.24, 2.45) is 11.8 Å². The van der Waals surface area contributed by atoms with Gasteiger partial charge in [0.1, 0.15) is 5.78 Å². The lowest BCUT2D eigenvalue weighted by molar-refractivity contribution is -0.135. The molecule has 0 unspecified atom stereocenters. The second-order valence-corrected chi connectivity index (χ2v) is 8.60. The number of rotatable bonds is 2. The number of hydrogen-bond donors (Lipinski definition) is 1. The third-order valence-electron chi connectivity index (χ3n) is 5.38. The SMILES string of the molecule is O=C1[C@H]2CCC[C@H]1[C@H](c1ccc(Br)cc1)N[C@@H]2c1ccc(Br)cc1. The zero-order valence-electron chi connectivity index (χ0n) is 13.2. The lowest BCUT2D eigenvalue weighted by Gasteiger charge is -2.45. The van der Waals surface area contributed by atoms with Crippen LogP contribution in [0.4, 0.5) is 0 Å². The first-order valence-corrected chi connectivity index (χ1v) is 10.0. The third-order valence-corrected chi connectivity index (χ3v) is 6.44. The summed E-state index contributed by atoms with van der Waals surface area (Å²) in [6, 6.07) is 17.0. The van der Waals surface area contributed by atoms with Crippen LogP contribution in [0, 0.1) is 11.8 Å². The molecule has 2 aromatic carbocycles. The number of piperidine rings is 1. The van der Waals surface area contributed by atoms with E-state index < -0.39 is 0 Å². The predicted octanol–water partition coefficient (Wildman–Crippen LogP) is 5.58. The summed E-state index contributed by atoms with van der Waals surface area (Å²) < 4.78 is 2.14. The second kappa shape index (κ2) is 6.74.